The summed E-state index contributed by atoms with van der Waals surface area (Å²) in [5.41, 5.74) is 12.5. The van der Waals surface area contributed by atoms with E-state index in [1.165, 1.54) is 21.9 Å². The molecule has 0 amide bonds. The highest BCUT2D eigenvalue weighted by Gasteiger charge is 2.11. The number of aromatic nitrogens is 1. The first kappa shape index (κ1) is 17.2. The number of rotatable bonds is 4. The van der Waals surface area contributed by atoms with E-state index in [4.69, 9.17) is 28.9 Å². The maximum absolute atomic E-state index is 6.14. The van der Waals surface area contributed by atoms with Gasteiger partial charge in [0.05, 0.1) is 10.0 Å². The van der Waals surface area contributed by atoms with Gasteiger partial charge in [0.15, 0.2) is 0 Å². The molecule has 1 heterocycles. The van der Waals surface area contributed by atoms with Crippen LogP contribution >= 0.6 is 23.2 Å². The Morgan fingerprint density at radius 2 is 1.77 bits per heavy atom. The molecular formula is C21H19Cl2N3. The van der Waals surface area contributed by atoms with Crippen LogP contribution in [0, 0.1) is 6.92 Å². The lowest BCUT2D eigenvalue weighted by Gasteiger charge is -2.11. The lowest BCUT2D eigenvalue weighted by molar-refractivity contribution is 0.975. The van der Waals surface area contributed by atoms with Gasteiger partial charge < -0.3 is 16.0 Å². The fraction of sp³-hybridized carbons (Fsp3) is 0.143. The smallest absolute Gasteiger partial charge is 0.0612 e. The highest BCUT2D eigenvalue weighted by Crippen LogP contribution is 2.33. The van der Waals surface area contributed by atoms with Crippen molar-refractivity contribution in [1.82, 2.24) is 4.98 Å². The number of aromatic amines is 1. The molecule has 0 unspecified atom stereocenters. The molecule has 5 heteroatoms. The van der Waals surface area contributed by atoms with Crippen molar-refractivity contribution in [1.29, 1.82) is 0 Å². The van der Waals surface area contributed by atoms with Crippen molar-refractivity contribution in [2.24, 2.45) is 5.73 Å². The summed E-state index contributed by atoms with van der Waals surface area (Å²) >= 11 is 12.2. The van der Waals surface area contributed by atoms with E-state index < -0.39 is 0 Å². The molecule has 1 aromatic heterocycles. The van der Waals surface area contributed by atoms with E-state index >= 15 is 0 Å². The van der Waals surface area contributed by atoms with E-state index in [1.807, 2.05) is 12.1 Å². The number of hydrogen-bond donors (Lipinski definition) is 3. The van der Waals surface area contributed by atoms with Crippen molar-refractivity contribution >= 4 is 56.4 Å². The minimum absolute atomic E-state index is 0.530. The van der Waals surface area contributed by atoms with Gasteiger partial charge in [-0.3, -0.25) is 0 Å². The van der Waals surface area contributed by atoms with Crippen LogP contribution < -0.4 is 11.1 Å². The SMILES string of the molecule is Cc1ccc2[nH]c3c(CCN)cc(Nc4ccc(Cl)c(Cl)c4)cc3c2c1. The molecule has 0 saturated carbocycles. The Balaban J connectivity index is 1.87. The highest BCUT2D eigenvalue weighted by molar-refractivity contribution is 6.42. The molecule has 26 heavy (non-hydrogen) atoms. The molecule has 0 fully saturated rings. The molecule has 0 aliphatic carbocycles. The molecule has 0 atom stereocenters. The Labute approximate surface area is 162 Å². The first-order valence-corrected chi connectivity index (χ1v) is 9.28. The minimum atomic E-state index is 0.530. The Kier molecular flexibility index (Phi) is 4.53. The topological polar surface area (TPSA) is 53.8 Å². The van der Waals surface area contributed by atoms with Gasteiger partial charge in [0, 0.05) is 33.2 Å². The normalized spacial score (nSPS) is 11.4. The summed E-state index contributed by atoms with van der Waals surface area (Å²) in [6.45, 7) is 2.70. The maximum Gasteiger partial charge on any atom is 0.0612 e. The first-order chi connectivity index (χ1) is 12.5. The van der Waals surface area contributed by atoms with Gasteiger partial charge in [-0.1, -0.05) is 34.8 Å². The van der Waals surface area contributed by atoms with Crippen molar-refractivity contribution in [2.75, 3.05) is 11.9 Å². The number of hydrogen-bond acceptors (Lipinski definition) is 2. The predicted molar refractivity (Wildman–Crippen MR) is 113 cm³/mol. The van der Waals surface area contributed by atoms with Gasteiger partial charge >= 0.3 is 0 Å². The average Bonchev–Trinajstić information content (AvgIpc) is 2.97. The fourth-order valence-corrected chi connectivity index (χ4v) is 3.65. The van der Waals surface area contributed by atoms with E-state index in [1.54, 1.807) is 6.07 Å². The van der Waals surface area contributed by atoms with Gasteiger partial charge in [-0.15, -0.1) is 0 Å². The van der Waals surface area contributed by atoms with Crippen molar-refractivity contribution in [2.45, 2.75) is 13.3 Å². The third-order valence-corrected chi connectivity index (χ3v) is 5.31. The number of fused-ring (bicyclic) bond motifs is 3. The molecule has 0 radical (unpaired) electrons. The molecule has 4 aromatic rings. The van der Waals surface area contributed by atoms with Crippen LogP contribution in [-0.4, -0.2) is 11.5 Å². The summed E-state index contributed by atoms with van der Waals surface area (Å²) < 4.78 is 0. The molecule has 0 spiro atoms. The van der Waals surface area contributed by atoms with E-state index in [0.29, 0.717) is 16.6 Å². The number of anilines is 2. The Morgan fingerprint density at radius 3 is 2.54 bits per heavy atom. The van der Waals surface area contributed by atoms with E-state index in [-0.39, 0.29) is 0 Å². The van der Waals surface area contributed by atoms with Crippen molar-refractivity contribution in [3.05, 3.63) is 69.7 Å². The Bertz CT molecular complexity index is 1120. The zero-order valence-electron chi connectivity index (χ0n) is 14.4. The Hall–Kier alpha value is -2.20. The molecule has 0 bridgehead atoms. The minimum Gasteiger partial charge on any atom is -0.355 e. The third kappa shape index (κ3) is 3.14. The second kappa shape index (κ2) is 6.84. The highest BCUT2D eigenvalue weighted by atomic mass is 35.5. The number of aryl methyl sites for hydroxylation is 1. The van der Waals surface area contributed by atoms with Crippen LogP contribution in [0.3, 0.4) is 0 Å². The molecule has 0 saturated heterocycles. The van der Waals surface area contributed by atoms with Gasteiger partial charge in [0.2, 0.25) is 0 Å². The van der Waals surface area contributed by atoms with Crippen LogP contribution in [0.2, 0.25) is 10.0 Å². The van der Waals surface area contributed by atoms with Crippen LogP contribution in [0.5, 0.6) is 0 Å². The molecule has 3 nitrogen and oxygen atoms in total. The van der Waals surface area contributed by atoms with Gasteiger partial charge in [0.1, 0.15) is 0 Å². The van der Waals surface area contributed by atoms with Crippen LogP contribution in [0.25, 0.3) is 21.8 Å². The summed E-state index contributed by atoms with van der Waals surface area (Å²) in [4.78, 5) is 3.54. The van der Waals surface area contributed by atoms with E-state index in [9.17, 15) is 0 Å². The van der Waals surface area contributed by atoms with Gasteiger partial charge in [-0.25, -0.2) is 0 Å². The Morgan fingerprint density at radius 1 is 0.923 bits per heavy atom. The fourth-order valence-electron chi connectivity index (χ4n) is 3.35. The second-order valence-electron chi connectivity index (χ2n) is 6.52. The summed E-state index contributed by atoms with van der Waals surface area (Å²) in [7, 11) is 0. The monoisotopic (exact) mass is 383 g/mol. The lowest BCUT2D eigenvalue weighted by Crippen LogP contribution is -2.04. The summed E-state index contributed by atoms with van der Waals surface area (Å²) in [6, 6.07) is 16.3. The first-order valence-electron chi connectivity index (χ1n) is 8.52. The number of nitrogens with one attached hydrogen (secondary N) is 2. The number of H-pyrrole nitrogens is 1. The average molecular weight is 384 g/mol. The van der Waals surface area contributed by atoms with Crippen molar-refractivity contribution in [3.8, 4) is 0 Å². The van der Waals surface area contributed by atoms with Crippen LogP contribution in [-0.2, 0) is 6.42 Å². The van der Waals surface area contributed by atoms with Gasteiger partial charge in [-0.05, 0) is 67.9 Å². The zero-order valence-corrected chi connectivity index (χ0v) is 15.9. The van der Waals surface area contributed by atoms with Crippen LogP contribution in [0.15, 0.2) is 48.5 Å². The van der Waals surface area contributed by atoms with Crippen molar-refractivity contribution < 1.29 is 0 Å². The maximum atomic E-state index is 6.14. The number of halogens is 2. The third-order valence-electron chi connectivity index (χ3n) is 4.57. The second-order valence-corrected chi connectivity index (χ2v) is 7.34. The molecule has 4 rings (SSSR count). The van der Waals surface area contributed by atoms with Gasteiger partial charge in [-0.2, -0.15) is 0 Å². The van der Waals surface area contributed by atoms with Crippen LogP contribution in [0.1, 0.15) is 11.1 Å². The van der Waals surface area contributed by atoms with Crippen LogP contribution in [0.4, 0.5) is 11.4 Å². The quantitative estimate of drug-likeness (QED) is 0.393. The molecule has 0 aliphatic rings. The molecule has 3 aromatic carbocycles. The predicted octanol–water partition coefficient (Wildman–Crippen LogP) is 6.18. The number of benzene rings is 3. The van der Waals surface area contributed by atoms with E-state index in [0.717, 1.165) is 28.8 Å². The standard InChI is InChI=1S/C21H19Cl2N3/c1-12-2-5-20-16(8-12)17-10-15(9-13(6-7-24)21(17)26-20)25-14-3-4-18(22)19(23)11-14/h2-5,8-11,25-26H,6-7,24H2,1H3. The summed E-state index contributed by atoms with van der Waals surface area (Å²) in [6.07, 6.45) is 0.805. The lowest BCUT2D eigenvalue weighted by atomic mass is 10.0. The van der Waals surface area contributed by atoms with E-state index in [2.05, 4.69) is 47.6 Å². The zero-order chi connectivity index (χ0) is 18.3. The molecule has 132 valence electrons. The van der Waals surface area contributed by atoms with Crippen molar-refractivity contribution in [3.63, 3.8) is 0 Å². The summed E-state index contributed by atoms with van der Waals surface area (Å²) in [5, 5.41) is 6.92. The largest absolute Gasteiger partial charge is 0.355 e. The summed E-state index contributed by atoms with van der Waals surface area (Å²) in [5.74, 6) is 0. The number of nitrogens with two attached hydrogens (primary N) is 1. The van der Waals surface area contributed by atoms with Gasteiger partial charge in [0.25, 0.3) is 0 Å². The molecule has 4 N–H and O–H groups in total. The molecular weight excluding hydrogens is 365 g/mol. The molecule has 0 aliphatic heterocycles.